The average molecular weight is 278 g/mol. The van der Waals surface area contributed by atoms with Gasteiger partial charge >= 0.3 is 0 Å². The molecule has 21 heavy (non-hydrogen) atoms. The van der Waals surface area contributed by atoms with Crippen molar-refractivity contribution < 1.29 is 4.74 Å². The maximum Gasteiger partial charge on any atom is 0.129 e. The first-order valence-electron chi connectivity index (χ1n) is 7.17. The highest BCUT2D eigenvalue weighted by molar-refractivity contribution is 5.79. The van der Waals surface area contributed by atoms with Crippen LogP contribution in [0.5, 0.6) is 11.5 Å². The second kappa shape index (κ2) is 6.37. The molecule has 3 rings (SSSR count). The first-order chi connectivity index (χ1) is 10.3. The number of aromatic nitrogens is 1. The van der Waals surface area contributed by atoms with Crippen LogP contribution in [0.3, 0.4) is 0 Å². The number of pyridine rings is 1. The van der Waals surface area contributed by atoms with Crippen LogP contribution in [0.15, 0.2) is 60.8 Å². The Bertz CT molecular complexity index is 740. The van der Waals surface area contributed by atoms with Crippen molar-refractivity contribution in [2.24, 2.45) is 0 Å². The Morgan fingerprint density at radius 3 is 2.81 bits per heavy atom. The minimum Gasteiger partial charge on any atom is -0.457 e. The number of hydrogen-bond acceptors (Lipinski definition) is 3. The largest absolute Gasteiger partial charge is 0.457 e. The maximum atomic E-state index is 5.94. The van der Waals surface area contributed by atoms with E-state index >= 15 is 0 Å². The molecule has 0 amide bonds. The summed E-state index contributed by atoms with van der Waals surface area (Å²) in [5, 5.41) is 4.43. The molecule has 0 unspecified atom stereocenters. The van der Waals surface area contributed by atoms with E-state index < -0.39 is 0 Å². The van der Waals surface area contributed by atoms with Crippen molar-refractivity contribution in [1.82, 2.24) is 10.3 Å². The van der Waals surface area contributed by atoms with Gasteiger partial charge in [0.15, 0.2) is 0 Å². The van der Waals surface area contributed by atoms with Gasteiger partial charge in [-0.05, 0) is 42.4 Å². The van der Waals surface area contributed by atoms with Crippen LogP contribution in [0.2, 0.25) is 0 Å². The van der Waals surface area contributed by atoms with E-state index in [9.17, 15) is 0 Å². The predicted octanol–water partition coefficient (Wildman–Crippen LogP) is 4.14. The van der Waals surface area contributed by atoms with Gasteiger partial charge in [-0.1, -0.05) is 25.1 Å². The smallest absolute Gasteiger partial charge is 0.129 e. The number of fused-ring (bicyclic) bond motifs is 1. The molecule has 0 aliphatic rings. The monoisotopic (exact) mass is 278 g/mol. The highest BCUT2D eigenvalue weighted by atomic mass is 16.5. The van der Waals surface area contributed by atoms with Crippen molar-refractivity contribution >= 4 is 10.9 Å². The molecule has 0 bridgehead atoms. The molecule has 1 N–H and O–H groups in total. The summed E-state index contributed by atoms with van der Waals surface area (Å²) in [5.41, 5.74) is 2.16. The van der Waals surface area contributed by atoms with Crippen LogP contribution in [0.25, 0.3) is 10.9 Å². The normalized spacial score (nSPS) is 10.7. The molecule has 0 aliphatic heterocycles. The lowest BCUT2D eigenvalue weighted by Gasteiger charge is -2.08. The third-order valence-corrected chi connectivity index (χ3v) is 3.29. The highest BCUT2D eigenvalue weighted by Gasteiger charge is 2.01. The minimum atomic E-state index is 0.807. The number of rotatable bonds is 5. The Balaban J connectivity index is 1.81. The first-order valence-corrected chi connectivity index (χ1v) is 7.17. The molecular formula is C18H18N2O. The van der Waals surface area contributed by atoms with Gasteiger partial charge in [0.2, 0.25) is 0 Å². The van der Waals surface area contributed by atoms with Crippen molar-refractivity contribution in [3.05, 3.63) is 66.4 Å². The summed E-state index contributed by atoms with van der Waals surface area (Å²) in [7, 11) is 0. The van der Waals surface area contributed by atoms with Gasteiger partial charge in [0.25, 0.3) is 0 Å². The number of benzene rings is 2. The van der Waals surface area contributed by atoms with E-state index in [2.05, 4.69) is 29.4 Å². The molecule has 3 heteroatoms. The zero-order valence-electron chi connectivity index (χ0n) is 12.0. The van der Waals surface area contributed by atoms with Crippen molar-refractivity contribution in [3.63, 3.8) is 0 Å². The number of nitrogens with one attached hydrogen (secondary N) is 1. The van der Waals surface area contributed by atoms with Gasteiger partial charge in [-0.15, -0.1) is 0 Å². The number of ether oxygens (including phenoxy) is 1. The zero-order valence-corrected chi connectivity index (χ0v) is 12.0. The first kappa shape index (κ1) is 13.6. The van der Waals surface area contributed by atoms with Crippen molar-refractivity contribution in [1.29, 1.82) is 0 Å². The van der Waals surface area contributed by atoms with Gasteiger partial charge in [0.1, 0.15) is 11.5 Å². The molecule has 1 aromatic heterocycles. The van der Waals surface area contributed by atoms with Gasteiger partial charge in [-0.25, -0.2) is 0 Å². The van der Waals surface area contributed by atoms with Crippen molar-refractivity contribution in [2.75, 3.05) is 6.54 Å². The van der Waals surface area contributed by atoms with Gasteiger partial charge in [-0.2, -0.15) is 0 Å². The Hall–Kier alpha value is -2.39. The molecule has 3 aromatic rings. The van der Waals surface area contributed by atoms with E-state index in [1.54, 1.807) is 6.20 Å². The molecule has 1 heterocycles. The minimum absolute atomic E-state index is 0.807. The summed E-state index contributed by atoms with van der Waals surface area (Å²) in [4.78, 5) is 4.35. The maximum absolute atomic E-state index is 5.94. The van der Waals surface area contributed by atoms with E-state index in [1.807, 2.05) is 42.5 Å². The Labute approximate surface area is 124 Å². The summed E-state index contributed by atoms with van der Waals surface area (Å²) < 4.78 is 5.94. The third kappa shape index (κ3) is 3.38. The highest BCUT2D eigenvalue weighted by Crippen LogP contribution is 2.25. The van der Waals surface area contributed by atoms with Crippen LogP contribution in [0.4, 0.5) is 0 Å². The predicted molar refractivity (Wildman–Crippen MR) is 85.6 cm³/mol. The fourth-order valence-electron chi connectivity index (χ4n) is 2.23. The fraction of sp³-hybridized carbons (Fsp3) is 0.167. The Kier molecular flexibility index (Phi) is 4.12. The van der Waals surface area contributed by atoms with Gasteiger partial charge in [0, 0.05) is 24.2 Å². The summed E-state index contributed by atoms with van der Waals surface area (Å²) >= 11 is 0. The lowest BCUT2D eigenvalue weighted by Crippen LogP contribution is -2.11. The topological polar surface area (TPSA) is 34.1 Å². The van der Waals surface area contributed by atoms with Gasteiger partial charge in [-0.3, -0.25) is 4.98 Å². The molecule has 0 saturated heterocycles. The molecule has 0 aliphatic carbocycles. The van der Waals surface area contributed by atoms with E-state index in [1.165, 1.54) is 5.56 Å². The molecule has 0 atom stereocenters. The van der Waals surface area contributed by atoms with Gasteiger partial charge in [0.05, 0.1) is 5.52 Å². The molecule has 106 valence electrons. The average Bonchev–Trinajstić information content (AvgIpc) is 2.53. The summed E-state index contributed by atoms with van der Waals surface area (Å²) in [5.74, 6) is 1.66. The van der Waals surface area contributed by atoms with E-state index in [0.29, 0.717) is 0 Å². The Morgan fingerprint density at radius 2 is 1.90 bits per heavy atom. The van der Waals surface area contributed by atoms with Crippen LogP contribution >= 0.6 is 0 Å². The number of nitrogens with zero attached hydrogens (tertiary/aromatic N) is 1. The SMILES string of the molecule is CCNCc1cccc(Oc2ccc3cccnc3c2)c1. The molecule has 0 radical (unpaired) electrons. The lowest BCUT2D eigenvalue weighted by atomic mass is 10.2. The molecular weight excluding hydrogens is 260 g/mol. The summed E-state index contributed by atoms with van der Waals surface area (Å²) in [6, 6.07) is 18.1. The van der Waals surface area contributed by atoms with Crippen LogP contribution < -0.4 is 10.1 Å². The van der Waals surface area contributed by atoms with E-state index in [0.717, 1.165) is 35.5 Å². The second-order valence-corrected chi connectivity index (χ2v) is 4.89. The standard InChI is InChI=1S/C18H18N2O/c1-2-19-13-14-5-3-7-16(11-14)21-17-9-8-15-6-4-10-20-18(15)12-17/h3-12,19H,2,13H2,1H3. The molecule has 0 spiro atoms. The van der Waals surface area contributed by atoms with Crippen LogP contribution in [-0.2, 0) is 6.54 Å². The molecule has 2 aromatic carbocycles. The van der Waals surface area contributed by atoms with E-state index in [-0.39, 0.29) is 0 Å². The second-order valence-electron chi connectivity index (χ2n) is 4.89. The van der Waals surface area contributed by atoms with Crippen LogP contribution in [0, 0.1) is 0 Å². The molecule has 0 saturated carbocycles. The third-order valence-electron chi connectivity index (χ3n) is 3.29. The summed E-state index contributed by atoms with van der Waals surface area (Å²) in [6.07, 6.45) is 1.79. The van der Waals surface area contributed by atoms with Crippen LogP contribution in [-0.4, -0.2) is 11.5 Å². The fourth-order valence-corrected chi connectivity index (χ4v) is 2.23. The summed E-state index contributed by atoms with van der Waals surface area (Å²) in [6.45, 7) is 3.91. The van der Waals surface area contributed by atoms with E-state index in [4.69, 9.17) is 4.74 Å². The zero-order chi connectivity index (χ0) is 14.5. The van der Waals surface area contributed by atoms with Crippen LogP contribution in [0.1, 0.15) is 12.5 Å². The van der Waals surface area contributed by atoms with Crippen molar-refractivity contribution in [3.8, 4) is 11.5 Å². The Morgan fingerprint density at radius 1 is 1.00 bits per heavy atom. The quantitative estimate of drug-likeness (QED) is 0.761. The van der Waals surface area contributed by atoms with Gasteiger partial charge < -0.3 is 10.1 Å². The molecule has 3 nitrogen and oxygen atoms in total. The molecule has 0 fully saturated rings. The van der Waals surface area contributed by atoms with Crippen molar-refractivity contribution in [2.45, 2.75) is 13.5 Å². The lowest BCUT2D eigenvalue weighted by molar-refractivity contribution is 0.482. The number of hydrogen-bond donors (Lipinski definition) is 1.